The van der Waals surface area contributed by atoms with Crippen LogP contribution in [0.15, 0.2) is 18.2 Å². The Labute approximate surface area is 598 Å². The number of carbonyl (C=O) groups is 12. The fraction of sp³-hybridized carbons (Fsp3) is 0.753. The van der Waals surface area contributed by atoms with Gasteiger partial charge in [0, 0.05) is 80.9 Å². The summed E-state index contributed by atoms with van der Waals surface area (Å²) in [5.41, 5.74) is -2.33. The Morgan fingerprint density at radius 2 is 1.34 bits per heavy atom. The van der Waals surface area contributed by atoms with E-state index >= 15 is 14.4 Å². The van der Waals surface area contributed by atoms with E-state index in [-0.39, 0.29) is 101 Å². The lowest BCUT2D eigenvalue weighted by atomic mass is 9.84. The summed E-state index contributed by atoms with van der Waals surface area (Å²) >= 11 is 6.19. The zero-order valence-electron chi connectivity index (χ0n) is 61.2. The van der Waals surface area contributed by atoms with Crippen molar-refractivity contribution < 1.29 is 70.7 Å². The number of hydrogen-bond donors (Lipinski definition) is 3. The van der Waals surface area contributed by atoms with Gasteiger partial charge in [0.15, 0.2) is 0 Å². The van der Waals surface area contributed by atoms with Gasteiger partial charge in [-0.2, -0.15) is 13.2 Å². The van der Waals surface area contributed by atoms with E-state index in [1.807, 2.05) is 20.8 Å². The van der Waals surface area contributed by atoms with Crippen molar-refractivity contribution in [3.05, 3.63) is 34.3 Å². The Morgan fingerprint density at radius 3 is 1.93 bits per heavy atom. The van der Waals surface area contributed by atoms with E-state index < -0.39 is 160 Å². The SMILES string of the molecule is CC[C@H](C)[C@@H]1NC(=O)[C@H](CC(C)C)N(C)C(=O)C[C@@H](C(=O)N2CCC2)N(C)C(=O)[C@H](C2CCCC2)N(C)C(=O)CCCCNC(=O)[C@@H]2CCCN2C(=O)[C@]2(CC2Cc2ccc(C(F)(F)F)c(Cl)c2)NC(=O)CN(CC)C(=O)[C@H](CC2CCCCC2)N(C)C(=O)[C@@H]2CCN2C(=O)[C@H](C)N(C)C1=O. The average Bonchev–Trinajstić information content (AvgIpc) is 1.57. The summed E-state index contributed by atoms with van der Waals surface area (Å²) < 4.78 is 41.6. The Balaban J connectivity index is 1.11. The molecule has 7 aliphatic rings. The van der Waals surface area contributed by atoms with E-state index in [1.54, 1.807) is 25.8 Å². The fourth-order valence-electron chi connectivity index (χ4n) is 15.9. The first-order chi connectivity index (χ1) is 47.8. The van der Waals surface area contributed by atoms with Crippen molar-refractivity contribution in [1.82, 2.24) is 60.0 Å². The van der Waals surface area contributed by atoms with Gasteiger partial charge in [0.1, 0.15) is 53.9 Å². The first kappa shape index (κ1) is 79.6. The number of nitrogens with one attached hydrogen (secondary N) is 3. The van der Waals surface area contributed by atoms with Crippen LogP contribution in [0.5, 0.6) is 0 Å². The number of amides is 12. The summed E-state index contributed by atoms with van der Waals surface area (Å²) in [6.07, 6.45) is 5.23. The topological polar surface area (TPSA) is 270 Å². The van der Waals surface area contributed by atoms with Crippen molar-refractivity contribution in [3.63, 3.8) is 0 Å². The molecule has 1 spiro atoms. The van der Waals surface area contributed by atoms with Crippen molar-refractivity contribution in [1.29, 1.82) is 0 Å². The lowest BCUT2D eigenvalue weighted by Crippen LogP contribution is -2.65. The molecule has 28 heteroatoms. The molecular formula is C73H110ClF3N12O12. The van der Waals surface area contributed by atoms with Crippen LogP contribution in [0, 0.1) is 29.6 Å². The lowest BCUT2D eigenvalue weighted by Gasteiger charge is -2.45. The molecule has 1 aromatic carbocycles. The minimum Gasteiger partial charge on any atom is -0.354 e. The van der Waals surface area contributed by atoms with Crippen molar-refractivity contribution in [2.45, 2.75) is 243 Å². The van der Waals surface area contributed by atoms with Gasteiger partial charge in [-0.15, -0.1) is 0 Å². The molecule has 1 aromatic rings. The number of rotatable bonds is 11. The highest BCUT2D eigenvalue weighted by molar-refractivity contribution is 6.31. The second kappa shape index (κ2) is 34.5. The zero-order chi connectivity index (χ0) is 74.1. The van der Waals surface area contributed by atoms with Crippen LogP contribution in [-0.2, 0) is 70.1 Å². The number of alkyl halides is 3. The van der Waals surface area contributed by atoms with E-state index in [0.717, 1.165) is 57.4 Å². The second-order valence-corrected chi connectivity index (χ2v) is 30.6. The Morgan fingerprint density at radius 1 is 0.663 bits per heavy atom. The second-order valence-electron chi connectivity index (χ2n) is 30.2. The normalized spacial score (nSPS) is 29.4. The lowest BCUT2D eigenvalue weighted by molar-refractivity contribution is -0.160. The largest absolute Gasteiger partial charge is 0.417 e. The number of nitrogens with zero attached hydrogens (tertiary/aromatic N) is 9. The maximum absolute atomic E-state index is 15.3. The molecule has 1 unspecified atom stereocenters. The van der Waals surface area contributed by atoms with Gasteiger partial charge >= 0.3 is 6.18 Å². The third kappa shape index (κ3) is 18.5. The number of halogens is 4. The summed E-state index contributed by atoms with van der Waals surface area (Å²) in [6.45, 7) is 11.3. The van der Waals surface area contributed by atoms with E-state index in [0.29, 0.717) is 50.8 Å². The number of likely N-dealkylation sites (N-methyl/N-ethyl adjacent to an activating group) is 6. The molecule has 4 aliphatic heterocycles. The Bertz CT molecular complexity index is 3220. The molecule has 4 heterocycles. The highest BCUT2D eigenvalue weighted by Gasteiger charge is 2.63. The van der Waals surface area contributed by atoms with E-state index in [4.69, 9.17) is 11.6 Å². The molecule has 4 saturated heterocycles. The first-order valence-electron chi connectivity index (χ1n) is 37.0. The van der Waals surface area contributed by atoms with Crippen LogP contribution in [0.4, 0.5) is 13.2 Å². The maximum atomic E-state index is 15.3. The Hall–Kier alpha value is -7.06. The predicted octanol–water partition coefficient (Wildman–Crippen LogP) is 6.03. The summed E-state index contributed by atoms with van der Waals surface area (Å²) in [5, 5.41) is 8.28. The van der Waals surface area contributed by atoms with Gasteiger partial charge in [0.2, 0.25) is 70.9 Å². The van der Waals surface area contributed by atoms with Crippen LogP contribution in [0.3, 0.4) is 0 Å². The summed E-state index contributed by atoms with van der Waals surface area (Å²) in [7, 11) is 7.44. The highest BCUT2D eigenvalue weighted by Crippen LogP contribution is 2.49. The molecule has 0 bridgehead atoms. The Kier molecular flexibility index (Phi) is 27.2. The number of hydrogen-bond acceptors (Lipinski definition) is 12. The van der Waals surface area contributed by atoms with Crippen molar-refractivity contribution in [2.24, 2.45) is 29.6 Å². The van der Waals surface area contributed by atoms with Gasteiger partial charge in [-0.05, 0) is 138 Å². The number of benzene rings is 1. The van der Waals surface area contributed by atoms with E-state index in [2.05, 4.69) is 16.0 Å². The molecule has 11 atom stereocenters. The van der Waals surface area contributed by atoms with Crippen LogP contribution in [0.25, 0.3) is 0 Å². The summed E-state index contributed by atoms with van der Waals surface area (Å²) in [5.74, 6) is -8.14. The summed E-state index contributed by atoms with van der Waals surface area (Å²) in [4.78, 5) is 190. The molecule has 3 saturated carbocycles. The smallest absolute Gasteiger partial charge is 0.354 e. The van der Waals surface area contributed by atoms with Crippen LogP contribution >= 0.6 is 11.6 Å². The van der Waals surface area contributed by atoms with Crippen LogP contribution in [0.2, 0.25) is 5.02 Å². The quantitative estimate of drug-likeness (QED) is 0.229. The third-order valence-electron chi connectivity index (χ3n) is 23.1. The van der Waals surface area contributed by atoms with Gasteiger partial charge in [0.05, 0.1) is 23.6 Å². The molecule has 0 radical (unpaired) electrons. The van der Waals surface area contributed by atoms with Gasteiger partial charge in [-0.25, -0.2) is 0 Å². The van der Waals surface area contributed by atoms with Crippen LogP contribution in [0.1, 0.15) is 188 Å². The molecule has 24 nitrogen and oxygen atoms in total. The van der Waals surface area contributed by atoms with Crippen molar-refractivity contribution in [2.75, 3.05) is 81.1 Å². The van der Waals surface area contributed by atoms with Gasteiger partial charge in [-0.3, -0.25) is 57.5 Å². The van der Waals surface area contributed by atoms with Gasteiger partial charge in [-0.1, -0.05) is 96.7 Å². The molecule has 562 valence electrons. The maximum Gasteiger partial charge on any atom is 0.417 e. The molecule has 12 amide bonds. The molecule has 101 heavy (non-hydrogen) atoms. The zero-order valence-corrected chi connectivity index (χ0v) is 61.9. The molecule has 0 aromatic heterocycles. The average molecular weight is 1440 g/mol. The van der Waals surface area contributed by atoms with E-state index in [1.165, 1.54) is 86.4 Å². The highest BCUT2D eigenvalue weighted by atomic mass is 35.5. The molecule has 3 N–H and O–H groups in total. The monoisotopic (exact) mass is 1440 g/mol. The predicted molar refractivity (Wildman–Crippen MR) is 371 cm³/mol. The van der Waals surface area contributed by atoms with Gasteiger partial charge in [0.25, 0.3) is 0 Å². The molecule has 7 fully saturated rings. The van der Waals surface area contributed by atoms with Crippen molar-refractivity contribution in [3.8, 4) is 0 Å². The van der Waals surface area contributed by atoms with Crippen LogP contribution < -0.4 is 16.0 Å². The molecular weight excluding hydrogens is 1330 g/mol. The minimum atomic E-state index is -4.73. The number of likely N-dealkylation sites (tertiary alicyclic amines) is 1. The fourth-order valence-corrected chi connectivity index (χ4v) is 16.2. The van der Waals surface area contributed by atoms with Crippen molar-refractivity contribution >= 4 is 82.5 Å². The van der Waals surface area contributed by atoms with Gasteiger partial charge < -0.3 is 60.0 Å². The number of fused-ring (bicyclic) bond motifs is 2. The third-order valence-corrected chi connectivity index (χ3v) is 23.4. The number of carbonyl (C=O) groups excluding carboxylic acids is 12. The van der Waals surface area contributed by atoms with Crippen LogP contribution in [-0.4, -0.2) is 250 Å². The molecule has 8 rings (SSSR count). The van der Waals surface area contributed by atoms with E-state index in [9.17, 15) is 56.3 Å². The first-order valence-corrected chi connectivity index (χ1v) is 37.4. The standard InChI is InChI=1S/C73H110ClF3N12O12/c1-12-45(5)61-69(99)81(7)46(6)65(95)88-36-31-54(88)66(96)83(9)56(40-47-23-15-14-16-24-47)67(97)86(13-2)43-58(90)80-72(42-50(72)38-48-29-30-51(52(74)39-48)73(75,76)77)71(101)89-35-21-27-53(89)63(93)78-32-20-19-28-59(91)85(11)62(49-25-17-18-26-49)70(100)84(10)57(68(98)87-33-22-34-87)41-60(92)82(8)55(37-44(3)4)64(94)79-61/h29-30,39,44-47,49-50,53-57,61-62H,12-28,31-38,40-43H2,1-11H3,(H,78,93)(H,79,94)(H,80,90)/t45-,46-,50?,53-,54-,55-,56-,57-,61-,62-,72+/m0/s1. The summed E-state index contributed by atoms with van der Waals surface area (Å²) in [6, 6.07) is -5.61. The molecule has 3 aliphatic carbocycles. The minimum absolute atomic E-state index is 0.000129.